The lowest BCUT2D eigenvalue weighted by Crippen LogP contribution is -2.39. The van der Waals surface area contributed by atoms with E-state index in [4.69, 9.17) is 0 Å². The zero-order valence-electron chi connectivity index (χ0n) is 13.4. The highest BCUT2D eigenvalue weighted by Crippen LogP contribution is 2.26. The average molecular weight is 319 g/mol. The number of aliphatic hydroxyl groups is 1. The zero-order chi connectivity index (χ0) is 16.9. The number of rotatable bonds is 7. The number of benzene rings is 1. The van der Waals surface area contributed by atoms with Crippen LogP contribution in [0.15, 0.2) is 30.5 Å². The molecule has 2 aromatic rings. The molecule has 5 nitrogen and oxygen atoms in total. The van der Waals surface area contributed by atoms with Crippen LogP contribution in [0.25, 0.3) is 11.3 Å². The van der Waals surface area contributed by atoms with Gasteiger partial charge < -0.3 is 10.4 Å². The Balaban J connectivity index is 2.19. The van der Waals surface area contributed by atoms with Gasteiger partial charge in [-0.05, 0) is 25.0 Å². The number of hydrogen-bond acceptors (Lipinski definition) is 3. The van der Waals surface area contributed by atoms with Crippen LogP contribution < -0.4 is 5.32 Å². The normalized spacial score (nSPS) is 11.5. The molecule has 2 rings (SSSR count). The Kier molecular flexibility index (Phi) is 5.50. The minimum Gasteiger partial charge on any atom is -0.396 e. The van der Waals surface area contributed by atoms with Crippen molar-refractivity contribution >= 4 is 5.91 Å². The van der Waals surface area contributed by atoms with Crippen molar-refractivity contribution in [3.05, 3.63) is 41.8 Å². The summed E-state index contributed by atoms with van der Waals surface area (Å²) in [5.74, 6) is -0.755. The van der Waals surface area contributed by atoms with Gasteiger partial charge in [0.05, 0.1) is 24.1 Å². The molecule has 3 N–H and O–H groups in total. The number of H-pyrrole nitrogens is 1. The van der Waals surface area contributed by atoms with E-state index in [1.54, 1.807) is 18.2 Å². The van der Waals surface area contributed by atoms with Gasteiger partial charge in [0.25, 0.3) is 5.91 Å². The summed E-state index contributed by atoms with van der Waals surface area (Å²) in [6.45, 7) is 4.33. The molecule has 0 fully saturated rings. The fourth-order valence-electron chi connectivity index (χ4n) is 2.47. The standard InChI is InChI=1S/C17H22FN3O2/c1-3-17(4-2,11-22)10-19-16(23)13-9-20-21-15(13)12-7-5-6-8-14(12)18/h5-9,22H,3-4,10-11H2,1-2H3,(H,19,23)(H,20,21). The van der Waals surface area contributed by atoms with Crippen LogP contribution in [0.3, 0.4) is 0 Å². The summed E-state index contributed by atoms with van der Waals surface area (Å²) in [5.41, 5.74) is 0.601. The Hall–Kier alpha value is -2.21. The SMILES string of the molecule is CCC(CC)(CO)CNC(=O)c1cn[nH]c1-c1ccccc1F. The van der Waals surface area contributed by atoms with E-state index in [-0.39, 0.29) is 23.5 Å². The molecule has 0 bridgehead atoms. The molecule has 1 amide bonds. The zero-order valence-corrected chi connectivity index (χ0v) is 13.4. The number of aliphatic hydroxyl groups excluding tert-OH is 1. The lowest BCUT2D eigenvalue weighted by molar-refractivity contribution is 0.0851. The number of carbonyl (C=O) groups is 1. The molecule has 1 aromatic heterocycles. The van der Waals surface area contributed by atoms with Crippen LogP contribution in [0.2, 0.25) is 0 Å². The smallest absolute Gasteiger partial charge is 0.255 e. The molecule has 0 radical (unpaired) electrons. The van der Waals surface area contributed by atoms with Gasteiger partial charge in [-0.3, -0.25) is 9.89 Å². The van der Waals surface area contributed by atoms with E-state index in [1.807, 2.05) is 13.8 Å². The predicted molar refractivity (Wildman–Crippen MR) is 86.4 cm³/mol. The first-order valence-electron chi connectivity index (χ1n) is 7.74. The molecule has 0 atom stereocenters. The summed E-state index contributed by atoms with van der Waals surface area (Å²) in [6, 6.07) is 6.22. The molecule has 1 aromatic carbocycles. The van der Waals surface area contributed by atoms with Crippen molar-refractivity contribution < 1.29 is 14.3 Å². The lowest BCUT2D eigenvalue weighted by atomic mass is 9.83. The first-order chi connectivity index (χ1) is 11.1. The van der Waals surface area contributed by atoms with E-state index < -0.39 is 5.82 Å². The first-order valence-corrected chi connectivity index (χ1v) is 7.74. The van der Waals surface area contributed by atoms with E-state index in [0.29, 0.717) is 17.8 Å². The second-order valence-electron chi connectivity index (χ2n) is 5.69. The fraction of sp³-hybridized carbons (Fsp3) is 0.412. The highest BCUT2D eigenvalue weighted by molar-refractivity contribution is 5.99. The molecule has 0 saturated carbocycles. The van der Waals surface area contributed by atoms with E-state index in [0.717, 1.165) is 12.8 Å². The maximum Gasteiger partial charge on any atom is 0.255 e. The van der Waals surface area contributed by atoms with Crippen molar-refractivity contribution in [2.24, 2.45) is 5.41 Å². The first kappa shape index (κ1) is 17.1. The Labute approximate surface area is 134 Å². The number of aromatic amines is 1. The van der Waals surface area contributed by atoms with Gasteiger partial charge in [0.2, 0.25) is 0 Å². The third-order valence-electron chi connectivity index (χ3n) is 4.49. The van der Waals surface area contributed by atoms with E-state index >= 15 is 0 Å². The van der Waals surface area contributed by atoms with Gasteiger partial charge in [0, 0.05) is 17.5 Å². The van der Waals surface area contributed by atoms with Gasteiger partial charge in [0.15, 0.2) is 0 Å². The summed E-state index contributed by atoms with van der Waals surface area (Å²) in [7, 11) is 0. The van der Waals surface area contributed by atoms with Crippen LogP contribution in [0.5, 0.6) is 0 Å². The lowest BCUT2D eigenvalue weighted by Gasteiger charge is -2.29. The van der Waals surface area contributed by atoms with Crippen molar-refractivity contribution in [3.63, 3.8) is 0 Å². The predicted octanol–water partition coefficient (Wildman–Crippen LogP) is 2.74. The van der Waals surface area contributed by atoms with E-state index in [2.05, 4.69) is 15.5 Å². The minimum atomic E-state index is -0.419. The van der Waals surface area contributed by atoms with Crippen molar-refractivity contribution in [3.8, 4) is 11.3 Å². The van der Waals surface area contributed by atoms with Gasteiger partial charge in [-0.1, -0.05) is 26.0 Å². The number of aromatic nitrogens is 2. The van der Waals surface area contributed by atoms with Crippen LogP contribution in [0.1, 0.15) is 37.0 Å². The third-order valence-corrected chi connectivity index (χ3v) is 4.49. The van der Waals surface area contributed by atoms with Crippen LogP contribution in [0.4, 0.5) is 4.39 Å². The molecule has 0 aliphatic carbocycles. The summed E-state index contributed by atoms with van der Waals surface area (Å²) in [6.07, 6.45) is 2.90. The third kappa shape index (κ3) is 3.59. The largest absolute Gasteiger partial charge is 0.396 e. The number of carbonyl (C=O) groups excluding carboxylic acids is 1. The van der Waals surface area contributed by atoms with E-state index in [1.165, 1.54) is 12.3 Å². The number of amides is 1. The topological polar surface area (TPSA) is 78.0 Å². The second kappa shape index (κ2) is 7.37. The molecule has 0 spiro atoms. The summed E-state index contributed by atoms with van der Waals surface area (Å²) < 4.78 is 13.9. The molecule has 0 aliphatic heterocycles. The molecule has 0 aliphatic rings. The minimum absolute atomic E-state index is 0.00579. The quantitative estimate of drug-likeness (QED) is 0.734. The van der Waals surface area contributed by atoms with Gasteiger partial charge in [-0.25, -0.2) is 4.39 Å². The molecule has 1 heterocycles. The summed E-state index contributed by atoms with van der Waals surface area (Å²) in [4.78, 5) is 12.4. The van der Waals surface area contributed by atoms with Crippen LogP contribution in [0, 0.1) is 11.2 Å². The number of nitrogens with zero attached hydrogens (tertiary/aromatic N) is 1. The Morgan fingerprint density at radius 3 is 2.65 bits per heavy atom. The molecular formula is C17H22FN3O2. The molecule has 23 heavy (non-hydrogen) atoms. The Morgan fingerprint density at radius 2 is 2.04 bits per heavy atom. The van der Waals surface area contributed by atoms with E-state index in [9.17, 15) is 14.3 Å². The summed E-state index contributed by atoms with van der Waals surface area (Å²) in [5, 5.41) is 18.9. The number of nitrogens with one attached hydrogen (secondary N) is 2. The van der Waals surface area contributed by atoms with Gasteiger partial charge >= 0.3 is 0 Å². The molecular weight excluding hydrogens is 297 g/mol. The molecule has 0 saturated heterocycles. The fourth-order valence-corrected chi connectivity index (χ4v) is 2.47. The summed E-state index contributed by atoms with van der Waals surface area (Å²) >= 11 is 0. The second-order valence-corrected chi connectivity index (χ2v) is 5.69. The van der Waals surface area contributed by atoms with Crippen molar-refractivity contribution in [2.45, 2.75) is 26.7 Å². The van der Waals surface area contributed by atoms with Crippen LogP contribution >= 0.6 is 0 Å². The van der Waals surface area contributed by atoms with Crippen molar-refractivity contribution in [1.29, 1.82) is 0 Å². The van der Waals surface area contributed by atoms with Gasteiger partial charge in [0.1, 0.15) is 5.82 Å². The number of halogens is 1. The maximum atomic E-state index is 13.9. The molecule has 6 heteroatoms. The highest BCUT2D eigenvalue weighted by Gasteiger charge is 2.27. The maximum absolute atomic E-state index is 13.9. The monoisotopic (exact) mass is 319 g/mol. The van der Waals surface area contributed by atoms with Gasteiger partial charge in [-0.2, -0.15) is 5.10 Å². The van der Waals surface area contributed by atoms with Gasteiger partial charge in [-0.15, -0.1) is 0 Å². The Bertz CT molecular complexity index is 657. The average Bonchev–Trinajstić information content (AvgIpc) is 3.06. The Morgan fingerprint density at radius 1 is 1.35 bits per heavy atom. The molecule has 0 unspecified atom stereocenters. The highest BCUT2D eigenvalue weighted by atomic mass is 19.1. The van der Waals surface area contributed by atoms with Crippen LogP contribution in [-0.4, -0.2) is 34.4 Å². The van der Waals surface area contributed by atoms with Crippen molar-refractivity contribution in [1.82, 2.24) is 15.5 Å². The van der Waals surface area contributed by atoms with Crippen molar-refractivity contribution in [2.75, 3.05) is 13.2 Å². The number of hydrogen-bond donors (Lipinski definition) is 3. The van der Waals surface area contributed by atoms with Crippen LogP contribution in [-0.2, 0) is 0 Å². The molecule has 124 valence electrons.